The summed E-state index contributed by atoms with van der Waals surface area (Å²) < 4.78 is 31.7. The number of aromatic carboxylic acids is 1. The van der Waals surface area contributed by atoms with Gasteiger partial charge in [0.1, 0.15) is 5.56 Å². The van der Waals surface area contributed by atoms with Gasteiger partial charge in [0, 0.05) is 37.9 Å². The van der Waals surface area contributed by atoms with Crippen molar-refractivity contribution in [2.45, 2.75) is 51.5 Å². The highest BCUT2D eigenvalue weighted by molar-refractivity contribution is 5.88. The van der Waals surface area contributed by atoms with E-state index in [1.807, 2.05) is 19.1 Å². The number of halogens is 3. The van der Waals surface area contributed by atoms with Gasteiger partial charge in [0.25, 0.3) is 5.56 Å². The molecule has 2 heterocycles. The predicted molar refractivity (Wildman–Crippen MR) is 177 cm³/mol. The second-order valence-corrected chi connectivity index (χ2v) is 12.3. The number of hydrogen-bond donors (Lipinski definition) is 3. The molecule has 2 aliphatic rings. The van der Waals surface area contributed by atoms with Crippen LogP contribution in [0.15, 0.2) is 95.8 Å². The molecule has 6 rings (SSSR count). The number of hydrogen-bond acceptors (Lipinski definition) is 5. The summed E-state index contributed by atoms with van der Waals surface area (Å²) in [6.07, 6.45) is -1.96. The molecule has 1 saturated carbocycles. The Bertz CT molecular complexity index is 1720. The van der Waals surface area contributed by atoms with E-state index in [0.29, 0.717) is 30.0 Å². The lowest BCUT2D eigenvalue weighted by atomic mass is 9.96. The van der Waals surface area contributed by atoms with Crippen LogP contribution in [-0.4, -0.2) is 57.3 Å². The molecule has 8 nitrogen and oxygen atoms in total. The van der Waals surface area contributed by atoms with Crippen molar-refractivity contribution < 1.29 is 33.0 Å². The van der Waals surface area contributed by atoms with E-state index in [1.54, 1.807) is 0 Å². The molecule has 0 spiro atoms. The molecule has 1 saturated heterocycles. The van der Waals surface area contributed by atoms with Crippen molar-refractivity contribution in [3.8, 4) is 11.3 Å². The van der Waals surface area contributed by atoms with Gasteiger partial charge >= 0.3 is 18.1 Å². The third kappa shape index (κ3) is 8.14. The summed E-state index contributed by atoms with van der Waals surface area (Å²) in [6, 6.07) is 32.1. The second-order valence-electron chi connectivity index (χ2n) is 12.3. The van der Waals surface area contributed by atoms with Crippen molar-refractivity contribution >= 4 is 17.6 Å². The molecule has 3 N–H and O–H groups in total. The minimum absolute atomic E-state index is 0.214. The Morgan fingerprint density at radius 3 is 1.94 bits per heavy atom. The minimum Gasteiger partial charge on any atom is -0.477 e. The summed E-state index contributed by atoms with van der Waals surface area (Å²) in [5, 5.41) is 16.5. The SMILES string of the molecule is CCc1cc(C(=O)O)c(=O)[nH]c1-c1ccc(N2C[C@H]3CC[C@@H](N(Cc4ccccc4)Cc4ccccc4)[C@H]3C2)cc1.O=C(O)C(F)(F)F. The van der Waals surface area contributed by atoms with Gasteiger partial charge in [0.2, 0.25) is 0 Å². The molecule has 252 valence electrons. The average Bonchev–Trinajstić information content (AvgIpc) is 3.67. The van der Waals surface area contributed by atoms with Gasteiger partial charge in [-0.3, -0.25) is 9.69 Å². The number of benzene rings is 3. The van der Waals surface area contributed by atoms with Crippen LogP contribution in [0.25, 0.3) is 11.3 Å². The van der Waals surface area contributed by atoms with Gasteiger partial charge in [-0.1, -0.05) is 79.7 Å². The number of aromatic nitrogens is 1. The number of nitrogens with zero attached hydrogens (tertiary/aromatic N) is 2. The van der Waals surface area contributed by atoms with Crippen LogP contribution < -0.4 is 10.5 Å². The van der Waals surface area contributed by atoms with Crippen LogP contribution in [-0.2, 0) is 24.3 Å². The summed E-state index contributed by atoms with van der Waals surface area (Å²) >= 11 is 0. The van der Waals surface area contributed by atoms with Crippen LogP contribution >= 0.6 is 0 Å². The standard InChI is InChI=1S/C35H37N3O3.C2HF3O2/c1-2-26-19-30(35(40)41)34(39)36-33(26)27-13-16-29(17-14-27)37-22-28-15-18-32(31(28)23-37)38(20-24-9-5-3-6-10-24)21-25-11-7-4-8-12-25;3-2(4,5)1(6)7/h3-14,16-17,19,28,31-32H,2,15,18,20-23H2,1H3,(H,36,39)(H,40,41);(H,6,7)/t28-,31+,32-;/m1./s1. The fraction of sp³-hybridized carbons (Fsp3) is 0.324. The maximum atomic E-state index is 12.4. The van der Waals surface area contributed by atoms with Crippen molar-refractivity contribution in [1.82, 2.24) is 9.88 Å². The first-order valence-electron chi connectivity index (χ1n) is 15.9. The van der Waals surface area contributed by atoms with Crippen LogP contribution in [0.3, 0.4) is 0 Å². The largest absolute Gasteiger partial charge is 0.490 e. The lowest BCUT2D eigenvalue weighted by molar-refractivity contribution is -0.192. The Kier molecular flexibility index (Phi) is 10.7. The molecule has 1 aliphatic carbocycles. The number of alkyl halides is 3. The summed E-state index contributed by atoms with van der Waals surface area (Å²) in [5.74, 6) is -2.66. The van der Waals surface area contributed by atoms with Crippen molar-refractivity contribution in [2.24, 2.45) is 11.8 Å². The fourth-order valence-corrected chi connectivity index (χ4v) is 6.93. The lowest BCUT2D eigenvalue weighted by Crippen LogP contribution is -2.39. The van der Waals surface area contributed by atoms with Crippen LogP contribution in [0.1, 0.15) is 46.8 Å². The van der Waals surface area contributed by atoms with Crippen LogP contribution in [0.4, 0.5) is 18.9 Å². The summed E-state index contributed by atoms with van der Waals surface area (Å²) in [7, 11) is 0. The average molecular weight is 662 g/mol. The number of fused-ring (bicyclic) bond motifs is 1. The molecular weight excluding hydrogens is 623 g/mol. The molecule has 2 fully saturated rings. The van der Waals surface area contributed by atoms with Crippen molar-refractivity contribution in [3.63, 3.8) is 0 Å². The molecule has 3 aromatic carbocycles. The van der Waals surface area contributed by atoms with E-state index in [1.165, 1.54) is 35.7 Å². The number of aryl methyl sites for hydroxylation is 1. The van der Waals surface area contributed by atoms with Gasteiger partial charge in [-0.15, -0.1) is 0 Å². The smallest absolute Gasteiger partial charge is 0.477 e. The number of anilines is 1. The first-order valence-corrected chi connectivity index (χ1v) is 15.9. The van der Waals surface area contributed by atoms with E-state index < -0.39 is 23.7 Å². The number of carboxylic acids is 2. The Labute approximate surface area is 276 Å². The number of aliphatic carboxylic acids is 1. The second kappa shape index (κ2) is 14.9. The van der Waals surface area contributed by atoms with Gasteiger partial charge < -0.3 is 20.1 Å². The Morgan fingerprint density at radius 1 is 0.875 bits per heavy atom. The fourth-order valence-electron chi connectivity index (χ4n) is 6.93. The van der Waals surface area contributed by atoms with Gasteiger partial charge in [0.15, 0.2) is 0 Å². The number of pyridine rings is 1. The van der Waals surface area contributed by atoms with Gasteiger partial charge in [-0.05, 0) is 71.6 Å². The van der Waals surface area contributed by atoms with E-state index >= 15 is 0 Å². The van der Waals surface area contributed by atoms with E-state index in [9.17, 15) is 27.9 Å². The molecular formula is C37H38F3N3O5. The van der Waals surface area contributed by atoms with Gasteiger partial charge in [-0.2, -0.15) is 13.2 Å². The molecule has 1 aromatic heterocycles. The molecule has 11 heteroatoms. The Hall–Kier alpha value is -4.90. The minimum atomic E-state index is -5.08. The number of H-pyrrole nitrogens is 1. The molecule has 3 atom stereocenters. The number of nitrogens with one attached hydrogen (secondary N) is 1. The zero-order chi connectivity index (χ0) is 34.4. The van der Waals surface area contributed by atoms with Crippen molar-refractivity contribution in [1.29, 1.82) is 0 Å². The summed E-state index contributed by atoms with van der Waals surface area (Å²) in [4.78, 5) is 40.7. The Balaban J connectivity index is 0.000000582. The number of carboxylic acid groups (broad SMARTS) is 2. The molecule has 4 aromatic rings. The molecule has 0 bridgehead atoms. The topological polar surface area (TPSA) is 114 Å². The first-order chi connectivity index (χ1) is 22.9. The first kappa shape index (κ1) is 34.4. The van der Waals surface area contributed by atoms with Crippen molar-refractivity contribution in [3.05, 3.63) is 124 Å². The van der Waals surface area contributed by atoms with Gasteiger partial charge in [0.05, 0.1) is 5.69 Å². The number of carbonyl (C=O) groups is 2. The Morgan fingerprint density at radius 2 is 1.44 bits per heavy atom. The zero-order valence-corrected chi connectivity index (χ0v) is 26.5. The highest BCUT2D eigenvalue weighted by Crippen LogP contribution is 2.43. The van der Waals surface area contributed by atoms with Crippen LogP contribution in [0, 0.1) is 11.8 Å². The highest BCUT2D eigenvalue weighted by Gasteiger charge is 2.45. The van der Waals surface area contributed by atoms with E-state index in [-0.39, 0.29) is 5.56 Å². The monoisotopic (exact) mass is 661 g/mol. The predicted octanol–water partition coefficient (Wildman–Crippen LogP) is 6.85. The molecule has 0 unspecified atom stereocenters. The lowest BCUT2D eigenvalue weighted by Gasteiger charge is -2.33. The van der Waals surface area contributed by atoms with Crippen molar-refractivity contribution in [2.75, 3.05) is 18.0 Å². The molecule has 0 amide bonds. The maximum absolute atomic E-state index is 12.4. The van der Waals surface area contributed by atoms with Crippen LogP contribution in [0.2, 0.25) is 0 Å². The highest BCUT2D eigenvalue weighted by atomic mass is 19.4. The number of rotatable bonds is 9. The quantitative estimate of drug-likeness (QED) is 0.180. The molecule has 48 heavy (non-hydrogen) atoms. The van der Waals surface area contributed by atoms with E-state index in [2.05, 4.69) is 87.6 Å². The summed E-state index contributed by atoms with van der Waals surface area (Å²) in [6.45, 7) is 5.98. The van der Waals surface area contributed by atoms with Gasteiger partial charge in [-0.25, -0.2) is 9.59 Å². The zero-order valence-electron chi connectivity index (χ0n) is 26.5. The maximum Gasteiger partial charge on any atom is 0.490 e. The molecule has 0 radical (unpaired) electrons. The van der Waals surface area contributed by atoms with Crippen LogP contribution in [0.5, 0.6) is 0 Å². The van der Waals surface area contributed by atoms with E-state index in [4.69, 9.17) is 9.90 Å². The third-order valence-electron chi connectivity index (χ3n) is 9.24. The normalized spacial score (nSPS) is 18.7. The summed E-state index contributed by atoms with van der Waals surface area (Å²) in [5.41, 5.74) is 5.55. The van der Waals surface area contributed by atoms with E-state index in [0.717, 1.165) is 37.3 Å². The molecule has 1 aliphatic heterocycles. The number of aromatic amines is 1. The third-order valence-corrected chi connectivity index (χ3v) is 9.24.